The second-order valence-corrected chi connectivity index (χ2v) is 3.97. The van der Waals surface area contributed by atoms with Gasteiger partial charge in [0.2, 0.25) is 0 Å². The van der Waals surface area contributed by atoms with E-state index in [0.29, 0.717) is 6.42 Å². The predicted molar refractivity (Wildman–Crippen MR) is 63.2 cm³/mol. The van der Waals surface area contributed by atoms with Crippen molar-refractivity contribution in [3.05, 3.63) is 29.8 Å². The summed E-state index contributed by atoms with van der Waals surface area (Å²) in [7, 11) is 0. The van der Waals surface area contributed by atoms with E-state index >= 15 is 0 Å². The maximum atomic E-state index is 13.0. The molecule has 0 saturated heterocycles. The molecule has 3 N–H and O–H groups in total. The number of hydrogen-bond donors (Lipinski definition) is 3. The van der Waals surface area contributed by atoms with E-state index in [1.165, 1.54) is 5.48 Å². The zero-order chi connectivity index (χ0) is 13.5. The number of nitrogens with one attached hydrogen (secondary N) is 2. The van der Waals surface area contributed by atoms with Gasteiger partial charge in [0.05, 0.1) is 0 Å². The highest BCUT2D eigenvalue weighted by molar-refractivity contribution is 5.83. The van der Waals surface area contributed by atoms with Gasteiger partial charge in [0.1, 0.15) is 17.7 Å². The van der Waals surface area contributed by atoms with Gasteiger partial charge in [-0.25, -0.2) is 14.3 Å². The van der Waals surface area contributed by atoms with Crippen molar-refractivity contribution in [1.29, 1.82) is 0 Å². The molecule has 4 nitrogen and oxygen atoms in total. The van der Waals surface area contributed by atoms with Crippen LogP contribution in [0.4, 0.5) is 14.5 Å². The van der Waals surface area contributed by atoms with Gasteiger partial charge in [-0.15, -0.1) is 0 Å². The topological polar surface area (TPSA) is 61.4 Å². The summed E-state index contributed by atoms with van der Waals surface area (Å²) in [5.74, 6) is -2.08. The van der Waals surface area contributed by atoms with Crippen LogP contribution in [0, 0.1) is 11.6 Å². The molecule has 1 atom stereocenters. The fourth-order valence-corrected chi connectivity index (χ4v) is 1.59. The average molecular weight is 258 g/mol. The molecule has 1 amide bonds. The van der Waals surface area contributed by atoms with Crippen molar-refractivity contribution >= 4 is 11.6 Å². The van der Waals surface area contributed by atoms with Gasteiger partial charge in [0.25, 0.3) is 5.91 Å². The number of hydrogen-bond acceptors (Lipinski definition) is 3. The van der Waals surface area contributed by atoms with Crippen LogP contribution < -0.4 is 10.8 Å². The zero-order valence-corrected chi connectivity index (χ0v) is 10.0. The van der Waals surface area contributed by atoms with Crippen LogP contribution in [0.25, 0.3) is 0 Å². The summed E-state index contributed by atoms with van der Waals surface area (Å²) in [4.78, 5) is 11.4. The first-order valence-electron chi connectivity index (χ1n) is 5.73. The maximum absolute atomic E-state index is 13.0. The highest BCUT2D eigenvalue weighted by Crippen LogP contribution is 2.15. The second-order valence-electron chi connectivity index (χ2n) is 3.97. The molecular formula is C12H16F2N2O2. The van der Waals surface area contributed by atoms with Gasteiger partial charge < -0.3 is 5.32 Å². The number of anilines is 1. The van der Waals surface area contributed by atoms with Crippen LogP contribution in [0.2, 0.25) is 0 Å². The van der Waals surface area contributed by atoms with Crippen molar-refractivity contribution in [1.82, 2.24) is 5.48 Å². The smallest absolute Gasteiger partial charge is 0.265 e. The molecule has 0 aliphatic heterocycles. The molecule has 1 aromatic rings. The number of carbonyl (C=O) groups excluding carboxylic acids is 1. The van der Waals surface area contributed by atoms with Crippen LogP contribution in [-0.4, -0.2) is 17.2 Å². The van der Waals surface area contributed by atoms with Crippen molar-refractivity contribution in [2.45, 2.75) is 32.2 Å². The molecule has 0 aliphatic rings. The third kappa shape index (κ3) is 4.29. The lowest BCUT2D eigenvalue weighted by Gasteiger charge is -2.17. The summed E-state index contributed by atoms with van der Waals surface area (Å²) >= 11 is 0. The second kappa shape index (κ2) is 6.90. The van der Waals surface area contributed by atoms with E-state index in [0.717, 1.165) is 31.0 Å². The number of benzene rings is 1. The van der Waals surface area contributed by atoms with Crippen LogP contribution in [0.5, 0.6) is 0 Å². The van der Waals surface area contributed by atoms with Crippen molar-refractivity contribution in [3.63, 3.8) is 0 Å². The number of hydroxylamine groups is 1. The Bertz CT molecular complexity index is 393. The van der Waals surface area contributed by atoms with E-state index in [2.05, 4.69) is 5.32 Å². The molecule has 0 aromatic heterocycles. The summed E-state index contributed by atoms with van der Waals surface area (Å²) in [5.41, 5.74) is 1.70. The average Bonchev–Trinajstić information content (AvgIpc) is 2.32. The summed E-state index contributed by atoms with van der Waals surface area (Å²) in [6.07, 6.45) is 2.08. The van der Waals surface area contributed by atoms with E-state index in [9.17, 15) is 13.6 Å². The Hall–Kier alpha value is -1.69. The van der Waals surface area contributed by atoms with Crippen molar-refractivity contribution in [3.8, 4) is 0 Å². The molecule has 0 bridgehead atoms. The van der Waals surface area contributed by atoms with Gasteiger partial charge >= 0.3 is 0 Å². The predicted octanol–water partition coefficient (Wildman–Crippen LogP) is 2.44. The lowest BCUT2D eigenvalue weighted by molar-refractivity contribution is -0.130. The monoisotopic (exact) mass is 258 g/mol. The van der Waals surface area contributed by atoms with Crippen LogP contribution in [0.3, 0.4) is 0 Å². The largest absolute Gasteiger partial charge is 0.373 e. The molecule has 0 aliphatic carbocycles. The first kappa shape index (κ1) is 14.4. The number of rotatable bonds is 6. The summed E-state index contributed by atoms with van der Waals surface area (Å²) < 4.78 is 26.0. The highest BCUT2D eigenvalue weighted by atomic mass is 19.1. The van der Waals surface area contributed by atoms with E-state index in [1.54, 1.807) is 0 Å². The normalized spacial score (nSPS) is 12.0. The lowest BCUT2D eigenvalue weighted by atomic mass is 10.1. The molecular weight excluding hydrogens is 242 g/mol. The third-order valence-electron chi connectivity index (χ3n) is 2.48. The molecule has 18 heavy (non-hydrogen) atoms. The number of carbonyl (C=O) groups is 1. The molecule has 0 saturated carbocycles. The Morgan fingerprint density at radius 3 is 2.44 bits per heavy atom. The molecule has 6 heteroatoms. The van der Waals surface area contributed by atoms with Crippen molar-refractivity contribution in [2.75, 3.05) is 5.32 Å². The first-order chi connectivity index (χ1) is 8.56. The first-order valence-corrected chi connectivity index (χ1v) is 5.73. The Morgan fingerprint density at radius 1 is 1.33 bits per heavy atom. The fraction of sp³-hybridized carbons (Fsp3) is 0.417. The Labute approximate surface area is 104 Å². The molecule has 1 unspecified atom stereocenters. The van der Waals surface area contributed by atoms with Gasteiger partial charge in [-0.2, -0.15) is 0 Å². The molecule has 0 spiro atoms. The molecule has 0 heterocycles. The van der Waals surface area contributed by atoms with Crippen molar-refractivity contribution in [2.24, 2.45) is 0 Å². The minimum absolute atomic E-state index is 0.164. The molecule has 1 rings (SSSR count). The van der Waals surface area contributed by atoms with Gasteiger partial charge in [-0.05, 0) is 18.6 Å². The summed E-state index contributed by atoms with van der Waals surface area (Å²) in [6.45, 7) is 1.95. The SMILES string of the molecule is CCCCC(Nc1cc(F)cc(F)c1)C(=O)NO. The number of halogens is 2. The molecule has 100 valence electrons. The van der Waals surface area contributed by atoms with Gasteiger partial charge in [-0.1, -0.05) is 19.8 Å². The van der Waals surface area contributed by atoms with Crippen LogP contribution in [0.1, 0.15) is 26.2 Å². The minimum Gasteiger partial charge on any atom is -0.373 e. The van der Waals surface area contributed by atoms with E-state index in [4.69, 9.17) is 5.21 Å². The minimum atomic E-state index is -0.726. The zero-order valence-electron chi connectivity index (χ0n) is 10.0. The molecule has 0 radical (unpaired) electrons. The lowest BCUT2D eigenvalue weighted by Crippen LogP contribution is -2.38. The standard InChI is InChI=1S/C12H16F2N2O2/c1-2-3-4-11(12(17)16-18)15-10-6-8(13)5-9(14)7-10/h5-7,11,15,18H,2-4H2,1H3,(H,16,17). The quantitative estimate of drug-likeness (QED) is 0.542. The van der Waals surface area contributed by atoms with Gasteiger partial charge in [0.15, 0.2) is 0 Å². The number of unbranched alkanes of at least 4 members (excludes halogenated alkanes) is 1. The van der Waals surface area contributed by atoms with Gasteiger partial charge in [0, 0.05) is 11.8 Å². The van der Waals surface area contributed by atoms with E-state index < -0.39 is 23.6 Å². The number of amides is 1. The highest BCUT2D eigenvalue weighted by Gasteiger charge is 2.17. The Morgan fingerprint density at radius 2 is 1.94 bits per heavy atom. The third-order valence-corrected chi connectivity index (χ3v) is 2.48. The Balaban J connectivity index is 2.78. The summed E-state index contributed by atoms with van der Waals surface area (Å²) in [6, 6.07) is 2.20. The van der Waals surface area contributed by atoms with Crippen molar-refractivity contribution < 1.29 is 18.8 Å². The van der Waals surface area contributed by atoms with Gasteiger partial charge in [-0.3, -0.25) is 10.0 Å². The van der Waals surface area contributed by atoms with E-state index in [1.807, 2.05) is 6.92 Å². The summed E-state index contributed by atoms with van der Waals surface area (Å²) in [5, 5.41) is 11.3. The maximum Gasteiger partial charge on any atom is 0.265 e. The Kier molecular flexibility index (Phi) is 5.51. The molecule has 1 aromatic carbocycles. The molecule has 0 fully saturated rings. The van der Waals surface area contributed by atoms with Crippen LogP contribution in [-0.2, 0) is 4.79 Å². The fourth-order valence-electron chi connectivity index (χ4n) is 1.59. The van der Waals surface area contributed by atoms with Crippen LogP contribution >= 0.6 is 0 Å². The van der Waals surface area contributed by atoms with Crippen LogP contribution in [0.15, 0.2) is 18.2 Å². The van der Waals surface area contributed by atoms with E-state index in [-0.39, 0.29) is 5.69 Å².